The third-order valence-electron chi connectivity index (χ3n) is 4.45. The number of carbonyl (C=O) groups excluding carboxylic acids is 1. The Hall–Kier alpha value is -2.78. The van der Waals surface area contributed by atoms with Crippen LogP contribution in [0.1, 0.15) is 12.5 Å². The molecule has 0 aliphatic heterocycles. The van der Waals surface area contributed by atoms with Gasteiger partial charge >= 0.3 is 0 Å². The molecular formula is C22H27N5O2S2. The third-order valence-corrected chi connectivity index (χ3v) is 6.41. The number of ether oxygens (including phenoxy) is 1. The van der Waals surface area contributed by atoms with Crippen molar-refractivity contribution in [2.75, 3.05) is 43.7 Å². The molecule has 0 aliphatic rings. The number of amides is 1. The van der Waals surface area contributed by atoms with E-state index in [1.54, 1.807) is 4.90 Å². The number of carbonyl (C=O) groups is 1. The van der Waals surface area contributed by atoms with E-state index in [1.807, 2.05) is 52.3 Å². The van der Waals surface area contributed by atoms with Gasteiger partial charge in [-0.15, -0.1) is 10.2 Å². The molecule has 0 unspecified atom stereocenters. The number of aromatic nitrogens is 2. The van der Waals surface area contributed by atoms with E-state index in [9.17, 15) is 4.79 Å². The van der Waals surface area contributed by atoms with Crippen LogP contribution in [0.25, 0.3) is 0 Å². The van der Waals surface area contributed by atoms with E-state index >= 15 is 0 Å². The SMILES string of the molecule is CCOc1ccccc1Nc1nnc(SCC(=O)N(C)Cc2ccc(N(C)C)cc2)s1. The zero-order chi connectivity index (χ0) is 22.2. The van der Waals surface area contributed by atoms with E-state index in [2.05, 4.69) is 44.7 Å². The zero-order valence-corrected chi connectivity index (χ0v) is 19.8. The predicted molar refractivity (Wildman–Crippen MR) is 129 cm³/mol. The van der Waals surface area contributed by atoms with Crippen LogP contribution in [0.3, 0.4) is 0 Å². The summed E-state index contributed by atoms with van der Waals surface area (Å²) in [7, 11) is 5.84. The standard InChI is InChI=1S/C22H27N5O2S2/c1-5-29-19-9-7-6-8-18(19)23-21-24-25-22(31-21)30-15-20(28)27(4)14-16-10-12-17(13-11-16)26(2)3/h6-13H,5,14-15H2,1-4H3,(H,23,24). The molecule has 0 spiro atoms. The van der Waals surface area contributed by atoms with Crippen LogP contribution in [0.15, 0.2) is 52.9 Å². The maximum Gasteiger partial charge on any atom is 0.233 e. The number of para-hydroxylation sites is 2. The van der Waals surface area contributed by atoms with Gasteiger partial charge in [0, 0.05) is 33.4 Å². The maximum atomic E-state index is 12.5. The van der Waals surface area contributed by atoms with Gasteiger partial charge in [-0.1, -0.05) is 47.4 Å². The minimum atomic E-state index is 0.0492. The van der Waals surface area contributed by atoms with Crippen molar-refractivity contribution in [3.8, 4) is 5.75 Å². The Morgan fingerprint density at radius 2 is 1.84 bits per heavy atom. The summed E-state index contributed by atoms with van der Waals surface area (Å²) < 4.78 is 6.37. The highest BCUT2D eigenvalue weighted by atomic mass is 32.2. The number of nitrogens with zero attached hydrogens (tertiary/aromatic N) is 4. The lowest BCUT2D eigenvalue weighted by Crippen LogP contribution is -2.27. The molecule has 0 radical (unpaired) electrons. The Morgan fingerprint density at radius 3 is 2.55 bits per heavy atom. The molecule has 2 aromatic carbocycles. The van der Waals surface area contributed by atoms with Crippen molar-refractivity contribution in [3.63, 3.8) is 0 Å². The van der Waals surface area contributed by atoms with Gasteiger partial charge in [0.1, 0.15) is 5.75 Å². The smallest absolute Gasteiger partial charge is 0.233 e. The molecule has 0 atom stereocenters. The fraction of sp³-hybridized carbons (Fsp3) is 0.318. The van der Waals surface area contributed by atoms with Crippen molar-refractivity contribution in [1.29, 1.82) is 0 Å². The first-order chi connectivity index (χ1) is 15.0. The highest BCUT2D eigenvalue weighted by molar-refractivity contribution is 8.01. The van der Waals surface area contributed by atoms with Crippen molar-refractivity contribution in [3.05, 3.63) is 54.1 Å². The molecule has 0 fully saturated rings. The Labute approximate surface area is 191 Å². The second-order valence-electron chi connectivity index (χ2n) is 7.03. The molecule has 3 aromatic rings. The molecule has 1 heterocycles. The molecular weight excluding hydrogens is 430 g/mol. The molecule has 31 heavy (non-hydrogen) atoms. The van der Waals surface area contributed by atoms with Crippen LogP contribution in [0, 0.1) is 0 Å². The van der Waals surface area contributed by atoms with Gasteiger partial charge in [0.15, 0.2) is 4.34 Å². The first-order valence-electron chi connectivity index (χ1n) is 9.91. The number of hydrogen-bond acceptors (Lipinski definition) is 8. The summed E-state index contributed by atoms with van der Waals surface area (Å²) in [6, 6.07) is 15.9. The number of rotatable bonds is 10. The topological polar surface area (TPSA) is 70.6 Å². The van der Waals surface area contributed by atoms with Crippen molar-refractivity contribution in [2.45, 2.75) is 17.8 Å². The number of nitrogens with one attached hydrogen (secondary N) is 1. The molecule has 3 rings (SSSR count). The van der Waals surface area contributed by atoms with E-state index in [-0.39, 0.29) is 5.91 Å². The van der Waals surface area contributed by atoms with E-state index in [0.717, 1.165) is 27.0 Å². The van der Waals surface area contributed by atoms with Gasteiger partial charge in [-0.25, -0.2) is 0 Å². The fourth-order valence-electron chi connectivity index (χ4n) is 2.78. The molecule has 9 heteroatoms. The summed E-state index contributed by atoms with van der Waals surface area (Å²) in [6.45, 7) is 3.11. The van der Waals surface area contributed by atoms with Gasteiger partial charge in [0.2, 0.25) is 11.0 Å². The molecule has 1 amide bonds. The average molecular weight is 458 g/mol. The van der Waals surface area contributed by atoms with Crippen LogP contribution in [0.5, 0.6) is 5.75 Å². The number of thioether (sulfide) groups is 1. The van der Waals surface area contributed by atoms with Crippen molar-refractivity contribution < 1.29 is 9.53 Å². The summed E-state index contributed by atoms with van der Waals surface area (Å²) in [5.74, 6) is 1.13. The number of hydrogen-bond donors (Lipinski definition) is 1. The highest BCUT2D eigenvalue weighted by Crippen LogP contribution is 2.31. The van der Waals surface area contributed by atoms with E-state index in [4.69, 9.17) is 4.74 Å². The van der Waals surface area contributed by atoms with Crippen LogP contribution >= 0.6 is 23.1 Å². The lowest BCUT2D eigenvalue weighted by atomic mass is 10.2. The lowest BCUT2D eigenvalue weighted by Gasteiger charge is -2.18. The first-order valence-corrected chi connectivity index (χ1v) is 11.7. The molecule has 0 saturated carbocycles. The molecule has 7 nitrogen and oxygen atoms in total. The first kappa shape index (κ1) is 22.9. The Bertz CT molecular complexity index is 992. The van der Waals surface area contributed by atoms with Crippen molar-refractivity contribution in [2.24, 2.45) is 0 Å². The van der Waals surface area contributed by atoms with Crippen LogP contribution < -0.4 is 15.0 Å². The summed E-state index contributed by atoms with van der Waals surface area (Å²) in [6.07, 6.45) is 0. The molecule has 0 aliphatic carbocycles. The molecule has 164 valence electrons. The summed E-state index contributed by atoms with van der Waals surface area (Å²) >= 11 is 2.81. The highest BCUT2D eigenvalue weighted by Gasteiger charge is 2.13. The van der Waals surface area contributed by atoms with Crippen molar-refractivity contribution >= 4 is 45.5 Å². The van der Waals surface area contributed by atoms with Crippen LogP contribution in [-0.2, 0) is 11.3 Å². The fourth-order valence-corrected chi connectivity index (χ4v) is 4.49. The second kappa shape index (κ2) is 11.0. The lowest BCUT2D eigenvalue weighted by molar-refractivity contribution is -0.127. The Morgan fingerprint density at radius 1 is 1.10 bits per heavy atom. The largest absolute Gasteiger partial charge is 0.492 e. The van der Waals surface area contributed by atoms with Crippen LogP contribution in [0.2, 0.25) is 0 Å². The van der Waals surface area contributed by atoms with Crippen molar-refractivity contribution in [1.82, 2.24) is 15.1 Å². The Balaban J connectivity index is 1.51. The molecule has 1 aromatic heterocycles. The predicted octanol–water partition coefficient (Wildman–Crippen LogP) is 4.50. The van der Waals surface area contributed by atoms with Gasteiger partial charge in [-0.05, 0) is 36.8 Å². The van der Waals surface area contributed by atoms with Gasteiger partial charge in [0.05, 0.1) is 18.0 Å². The summed E-state index contributed by atoms with van der Waals surface area (Å²) in [5, 5.41) is 12.3. The molecule has 0 saturated heterocycles. The minimum absolute atomic E-state index is 0.0492. The van der Waals surface area contributed by atoms with Crippen LogP contribution in [0.4, 0.5) is 16.5 Å². The zero-order valence-electron chi connectivity index (χ0n) is 18.2. The van der Waals surface area contributed by atoms with E-state index in [1.165, 1.54) is 23.1 Å². The minimum Gasteiger partial charge on any atom is -0.492 e. The normalized spacial score (nSPS) is 10.6. The van der Waals surface area contributed by atoms with Gasteiger partial charge in [0.25, 0.3) is 0 Å². The van der Waals surface area contributed by atoms with Gasteiger partial charge < -0.3 is 19.9 Å². The molecule has 1 N–H and O–H groups in total. The number of anilines is 3. The number of benzene rings is 2. The Kier molecular flexibility index (Phi) is 8.13. The monoisotopic (exact) mass is 457 g/mol. The van der Waals surface area contributed by atoms with Gasteiger partial charge in [-0.2, -0.15) is 0 Å². The van der Waals surface area contributed by atoms with Crippen LogP contribution in [-0.4, -0.2) is 54.5 Å². The second-order valence-corrected chi connectivity index (χ2v) is 9.23. The molecule has 0 bridgehead atoms. The van der Waals surface area contributed by atoms with E-state index < -0.39 is 0 Å². The average Bonchev–Trinajstić information content (AvgIpc) is 3.21. The maximum absolute atomic E-state index is 12.5. The summed E-state index contributed by atoms with van der Waals surface area (Å²) in [4.78, 5) is 16.3. The third kappa shape index (κ3) is 6.60. The van der Waals surface area contributed by atoms with Gasteiger partial charge in [-0.3, -0.25) is 4.79 Å². The van der Waals surface area contributed by atoms with E-state index in [0.29, 0.717) is 24.0 Å². The summed E-state index contributed by atoms with van der Waals surface area (Å²) in [5.41, 5.74) is 3.08. The quantitative estimate of drug-likeness (QED) is 0.450.